The summed E-state index contributed by atoms with van der Waals surface area (Å²) in [5.41, 5.74) is 6.31. The number of aromatic nitrogens is 2. The summed E-state index contributed by atoms with van der Waals surface area (Å²) in [5.74, 6) is -0.970. The standard InChI is InChI=1S/C12H11BrFN3O2/c1-19-12(18)11-10(15)6-17(16-11)5-7-4-8(13)2-3-9(7)14/h2-4,6H,5,15H2,1H3. The molecule has 2 N–H and O–H groups in total. The van der Waals surface area contributed by atoms with Gasteiger partial charge in [0.05, 0.1) is 19.3 Å². The summed E-state index contributed by atoms with van der Waals surface area (Å²) in [6, 6.07) is 4.61. The molecular weight excluding hydrogens is 317 g/mol. The molecule has 0 atom stereocenters. The van der Waals surface area contributed by atoms with Gasteiger partial charge in [0.2, 0.25) is 0 Å². The van der Waals surface area contributed by atoms with Gasteiger partial charge in [0.15, 0.2) is 5.69 Å². The maximum atomic E-state index is 13.6. The molecule has 0 amide bonds. The Morgan fingerprint density at radius 3 is 3.00 bits per heavy atom. The number of hydrogen-bond acceptors (Lipinski definition) is 4. The maximum Gasteiger partial charge on any atom is 0.360 e. The van der Waals surface area contributed by atoms with Crippen LogP contribution in [0, 0.1) is 5.82 Å². The molecule has 0 fully saturated rings. The second-order valence-electron chi connectivity index (χ2n) is 3.86. The van der Waals surface area contributed by atoms with E-state index in [1.807, 2.05) is 0 Å². The van der Waals surface area contributed by atoms with E-state index in [1.54, 1.807) is 12.1 Å². The number of nitrogens with two attached hydrogens (primary N) is 1. The number of methoxy groups -OCH3 is 1. The molecule has 1 heterocycles. The van der Waals surface area contributed by atoms with Crippen LogP contribution < -0.4 is 5.73 Å². The van der Waals surface area contributed by atoms with Crippen molar-refractivity contribution in [1.82, 2.24) is 9.78 Å². The summed E-state index contributed by atoms with van der Waals surface area (Å²) in [5, 5.41) is 3.98. The number of hydrogen-bond donors (Lipinski definition) is 1. The van der Waals surface area contributed by atoms with Crippen LogP contribution in [0.5, 0.6) is 0 Å². The fraction of sp³-hybridized carbons (Fsp3) is 0.167. The lowest BCUT2D eigenvalue weighted by Crippen LogP contribution is -2.07. The highest BCUT2D eigenvalue weighted by atomic mass is 79.9. The molecule has 100 valence electrons. The van der Waals surface area contributed by atoms with E-state index < -0.39 is 5.97 Å². The van der Waals surface area contributed by atoms with Crippen LogP contribution in [-0.2, 0) is 11.3 Å². The fourth-order valence-electron chi connectivity index (χ4n) is 1.61. The van der Waals surface area contributed by atoms with Crippen LogP contribution >= 0.6 is 15.9 Å². The van der Waals surface area contributed by atoms with Crippen molar-refractivity contribution < 1.29 is 13.9 Å². The normalized spacial score (nSPS) is 10.5. The maximum absolute atomic E-state index is 13.6. The molecule has 0 saturated carbocycles. The van der Waals surface area contributed by atoms with Crippen molar-refractivity contribution in [2.45, 2.75) is 6.54 Å². The Hall–Kier alpha value is -1.89. The van der Waals surface area contributed by atoms with Gasteiger partial charge < -0.3 is 10.5 Å². The van der Waals surface area contributed by atoms with Crippen molar-refractivity contribution in [3.05, 3.63) is 45.9 Å². The Morgan fingerprint density at radius 2 is 2.32 bits per heavy atom. The number of benzene rings is 1. The van der Waals surface area contributed by atoms with Gasteiger partial charge >= 0.3 is 5.97 Å². The van der Waals surface area contributed by atoms with Crippen LogP contribution in [0.2, 0.25) is 0 Å². The zero-order chi connectivity index (χ0) is 14.0. The van der Waals surface area contributed by atoms with Crippen molar-refractivity contribution in [3.8, 4) is 0 Å². The van der Waals surface area contributed by atoms with E-state index in [4.69, 9.17) is 5.73 Å². The second kappa shape index (κ2) is 5.40. The topological polar surface area (TPSA) is 70.1 Å². The van der Waals surface area contributed by atoms with Gasteiger partial charge in [-0.15, -0.1) is 0 Å². The van der Waals surface area contributed by atoms with Gasteiger partial charge in [-0.2, -0.15) is 5.10 Å². The summed E-state index contributed by atoms with van der Waals surface area (Å²) in [6.07, 6.45) is 1.46. The molecule has 0 aliphatic rings. The number of anilines is 1. The van der Waals surface area contributed by atoms with Crippen LogP contribution in [0.1, 0.15) is 16.1 Å². The smallest absolute Gasteiger partial charge is 0.360 e. The van der Waals surface area contributed by atoms with Gasteiger partial charge in [-0.05, 0) is 18.2 Å². The number of carbonyl (C=O) groups is 1. The van der Waals surface area contributed by atoms with E-state index in [-0.39, 0.29) is 23.7 Å². The third-order valence-electron chi connectivity index (χ3n) is 2.51. The van der Waals surface area contributed by atoms with Crippen molar-refractivity contribution in [2.75, 3.05) is 12.8 Å². The molecule has 0 unspecified atom stereocenters. The number of halogens is 2. The molecule has 2 aromatic rings. The average molecular weight is 328 g/mol. The number of carbonyl (C=O) groups excluding carboxylic acids is 1. The Kier molecular flexibility index (Phi) is 3.84. The van der Waals surface area contributed by atoms with Gasteiger partial charge in [-0.3, -0.25) is 4.68 Å². The molecule has 1 aromatic heterocycles. The van der Waals surface area contributed by atoms with Crippen molar-refractivity contribution in [3.63, 3.8) is 0 Å². The molecule has 0 bridgehead atoms. The molecular formula is C12H11BrFN3O2. The highest BCUT2D eigenvalue weighted by molar-refractivity contribution is 9.10. The van der Waals surface area contributed by atoms with Gasteiger partial charge in [-0.25, -0.2) is 9.18 Å². The first kappa shape index (κ1) is 13.5. The van der Waals surface area contributed by atoms with Crippen LogP contribution in [0.4, 0.5) is 10.1 Å². The number of esters is 1. The molecule has 2 rings (SSSR count). The van der Waals surface area contributed by atoms with Crippen LogP contribution in [0.15, 0.2) is 28.9 Å². The number of nitrogen functional groups attached to an aromatic ring is 1. The fourth-order valence-corrected chi connectivity index (χ4v) is 2.02. The van der Waals surface area contributed by atoms with E-state index in [1.165, 1.54) is 24.1 Å². The van der Waals surface area contributed by atoms with E-state index in [0.717, 1.165) is 4.47 Å². The van der Waals surface area contributed by atoms with E-state index in [0.29, 0.717) is 5.56 Å². The summed E-state index contributed by atoms with van der Waals surface area (Å²) in [6.45, 7) is 0.173. The minimum Gasteiger partial charge on any atom is -0.464 e. The average Bonchev–Trinajstić information content (AvgIpc) is 2.74. The van der Waals surface area contributed by atoms with Crippen LogP contribution in [-0.4, -0.2) is 22.9 Å². The van der Waals surface area contributed by atoms with Crippen LogP contribution in [0.3, 0.4) is 0 Å². The summed E-state index contributed by atoms with van der Waals surface area (Å²) in [7, 11) is 1.24. The number of rotatable bonds is 3. The second-order valence-corrected chi connectivity index (χ2v) is 4.77. The molecule has 0 radical (unpaired) electrons. The Labute approximate surface area is 117 Å². The molecule has 0 spiro atoms. The van der Waals surface area contributed by atoms with Crippen molar-refractivity contribution >= 4 is 27.6 Å². The molecule has 7 heteroatoms. The monoisotopic (exact) mass is 327 g/mol. The Balaban J connectivity index is 2.29. The van der Waals surface area contributed by atoms with E-state index >= 15 is 0 Å². The zero-order valence-corrected chi connectivity index (χ0v) is 11.6. The van der Waals surface area contributed by atoms with Gasteiger partial charge in [0, 0.05) is 16.2 Å². The Morgan fingerprint density at radius 1 is 1.58 bits per heavy atom. The van der Waals surface area contributed by atoms with Crippen LogP contribution in [0.25, 0.3) is 0 Å². The molecule has 0 aliphatic heterocycles. The van der Waals surface area contributed by atoms with E-state index in [2.05, 4.69) is 25.8 Å². The Bertz CT molecular complexity index is 627. The highest BCUT2D eigenvalue weighted by Gasteiger charge is 2.15. The molecule has 5 nitrogen and oxygen atoms in total. The lowest BCUT2D eigenvalue weighted by Gasteiger charge is -2.04. The summed E-state index contributed by atoms with van der Waals surface area (Å²) < 4.78 is 20.3. The third kappa shape index (κ3) is 2.93. The first-order valence-electron chi connectivity index (χ1n) is 5.36. The highest BCUT2D eigenvalue weighted by Crippen LogP contribution is 2.18. The van der Waals surface area contributed by atoms with Crippen molar-refractivity contribution in [2.24, 2.45) is 0 Å². The largest absolute Gasteiger partial charge is 0.464 e. The van der Waals surface area contributed by atoms with E-state index in [9.17, 15) is 9.18 Å². The molecule has 0 aliphatic carbocycles. The van der Waals surface area contributed by atoms with Crippen molar-refractivity contribution in [1.29, 1.82) is 0 Å². The van der Waals surface area contributed by atoms with Gasteiger partial charge in [0.1, 0.15) is 5.82 Å². The molecule has 19 heavy (non-hydrogen) atoms. The minimum atomic E-state index is -0.619. The SMILES string of the molecule is COC(=O)c1nn(Cc2cc(Br)ccc2F)cc1N. The zero-order valence-electron chi connectivity index (χ0n) is 10.1. The molecule has 1 aromatic carbocycles. The summed E-state index contributed by atoms with van der Waals surface area (Å²) >= 11 is 3.27. The predicted molar refractivity (Wildman–Crippen MR) is 71.2 cm³/mol. The molecule has 0 saturated heterocycles. The minimum absolute atomic E-state index is 0.0258. The summed E-state index contributed by atoms with van der Waals surface area (Å²) in [4.78, 5) is 11.4. The third-order valence-corrected chi connectivity index (χ3v) is 3.00. The lowest BCUT2D eigenvalue weighted by molar-refractivity contribution is 0.0594. The predicted octanol–water partition coefficient (Wildman–Crippen LogP) is 2.20. The van der Waals surface area contributed by atoms with Gasteiger partial charge in [0.25, 0.3) is 0 Å². The number of ether oxygens (including phenoxy) is 1. The first-order chi connectivity index (χ1) is 9.01. The van der Waals surface area contributed by atoms with Gasteiger partial charge in [-0.1, -0.05) is 15.9 Å². The quantitative estimate of drug-likeness (QED) is 0.877. The first-order valence-corrected chi connectivity index (χ1v) is 6.15. The lowest BCUT2D eigenvalue weighted by atomic mass is 10.2. The number of nitrogens with zero attached hydrogens (tertiary/aromatic N) is 2.